The van der Waals surface area contributed by atoms with E-state index in [2.05, 4.69) is 0 Å². The number of Topliss-reactive ketones (excluding diaryl/α,β-unsaturated/α-hetero) is 1. The zero-order chi connectivity index (χ0) is 6.57. The molecule has 0 bridgehead atoms. The topological polar surface area (TPSA) is 34.1 Å². The molecule has 0 rings (SSSR count). The summed E-state index contributed by atoms with van der Waals surface area (Å²) in [5, 5.41) is 0. The van der Waals surface area contributed by atoms with Crippen LogP contribution in [0.25, 0.3) is 0 Å². The molecule has 0 fully saturated rings. The molecule has 0 aromatic carbocycles. The van der Waals surface area contributed by atoms with Crippen LogP contribution in [0.3, 0.4) is 0 Å². The van der Waals surface area contributed by atoms with E-state index in [1.807, 2.05) is 6.92 Å². The van der Waals surface area contributed by atoms with Crippen LogP contribution in [0.2, 0.25) is 0 Å². The first-order valence-electron chi connectivity index (χ1n) is 2.68. The van der Waals surface area contributed by atoms with E-state index in [0.717, 1.165) is 0 Å². The van der Waals surface area contributed by atoms with Crippen molar-refractivity contribution in [2.24, 2.45) is 5.92 Å². The molecule has 9 heavy (non-hydrogen) atoms. The van der Waals surface area contributed by atoms with Gasteiger partial charge in [-0.25, -0.2) is 0 Å². The number of carbonyl (C=O) groups is 2. The van der Waals surface area contributed by atoms with Crippen LogP contribution in [0.15, 0.2) is 0 Å². The number of ketones is 1. The van der Waals surface area contributed by atoms with Gasteiger partial charge in [0.25, 0.3) is 0 Å². The summed E-state index contributed by atoms with van der Waals surface area (Å²) in [5.41, 5.74) is 0. The van der Waals surface area contributed by atoms with Gasteiger partial charge in [-0.2, -0.15) is 0 Å². The van der Waals surface area contributed by atoms with Crippen LogP contribution in [-0.4, -0.2) is 41.6 Å². The fourth-order valence-electron chi connectivity index (χ4n) is 0.480. The SMILES string of the molecule is CCC(C=O)C(C)=O.[NaH]. The third kappa shape index (κ3) is 4.82. The van der Waals surface area contributed by atoms with Gasteiger partial charge in [0.1, 0.15) is 12.1 Å². The maximum absolute atomic E-state index is 10.4. The first-order chi connectivity index (χ1) is 3.72. The summed E-state index contributed by atoms with van der Waals surface area (Å²) in [6.07, 6.45) is 1.32. The standard InChI is InChI=1S/C6H10O2.Na.H/c1-3-6(4-7)5(2)8;;/h4,6H,3H2,1-2H3;;. The molecule has 0 heterocycles. The molecule has 0 aliphatic heterocycles. The number of carbonyl (C=O) groups excluding carboxylic acids is 2. The van der Waals surface area contributed by atoms with Gasteiger partial charge >= 0.3 is 29.6 Å². The van der Waals surface area contributed by atoms with Gasteiger partial charge in [0, 0.05) is 0 Å². The Bertz CT molecular complexity index is 101. The van der Waals surface area contributed by atoms with Crippen LogP contribution in [0.4, 0.5) is 0 Å². The van der Waals surface area contributed by atoms with Gasteiger partial charge in [-0.1, -0.05) is 6.92 Å². The molecule has 2 nitrogen and oxygen atoms in total. The van der Waals surface area contributed by atoms with Crippen molar-refractivity contribution in [3.05, 3.63) is 0 Å². The first-order valence-corrected chi connectivity index (χ1v) is 2.68. The molecule has 0 N–H and O–H groups in total. The van der Waals surface area contributed by atoms with Gasteiger partial charge in [0.15, 0.2) is 0 Å². The molecule has 1 atom stereocenters. The Morgan fingerprint density at radius 2 is 2.11 bits per heavy atom. The van der Waals surface area contributed by atoms with Crippen molar-refractivity contribution in [2.45, 2.75) is 20.3 Å². The molecule has 48 valence electrons. The van der Waals surface area contributed by atoms with E-state index in [9.17, 15) is 9.59 Å². The molecule has 0 saturated carbocycles. The van der Waals surface area contributed by atoms with Crippen molar-refractivity contribution in [3.63, 3.8) is 0 Å². The van der Waals surface area contributed by atoms with E-state index in [-0.39, 0.29) is 41.3 Å². The molecule has 0 radical (unpaired) electrons. The van der Waals surface area contributed by atoms with Gasteiger partial charge in [-0.05, 0) is 13.3 Å². The van der Waals surface area contributed by atoms with Crippen molar-refractivity contribution >= 4 is 41.6 Å². The van der Waals surface area contributed by atoms with Gasteiger partial charge in [0.05, 0.1) is 5.92 Å². The number of rotatable bonds is 3. The second-order valence-corrected chi connectivity index (χ2v) is 1.76. The van der Waals surface area contributed by atoms with E-state index in [1.54, 1.807) is 0 Å². The Morgan fingerprint density at radius 1 is 1.67 bits per heavy atom. The summed E-state index contributed by atoms with van der Waals surface area (Å²) in [5.74, 6) is -0.405. The molecular weight excluding hydrogens is 127 g/mol. The molecule has 0 aromatic heterocycles. The minimum absolute atomic E-state index is 0. The number of hydrogen-bond acceptors (Lipinski definition) is 2. The minimum atomic E-state index is -0.366. The van der Waals surface area contributed by atoms with E-state index >= 15 is 0 Å². The number of hydrogen-bond donors (Lipinski definition) is 0. The normalized spacial score (nSPS) is 11.3. The average molecular weight is 138 g/mol. The Balaban J connectivity index is 0. The van der Waals surface area contributed by atoms with Gasteiger partial charge in [-0.3, -0.25) is 4.79 Å². The van der Waals surface area contributed by atoms with Crippen LogP contribution in [-0.2, 0) is 9.59 Å². The fraction of sp³-hybridized carbons (Fsp3) is 0.667. The van der Waals surface area contributed by atoms with Crippen LogP contribution in [0, 0.1) is 5.92 Å². The molecule has 0 aromatic rings. The third-order valence-electron chi connectivity index (χ3n) is 1.13. The molecule has 1 unspecified atom stereocenters. The van der Waals surface area contributed by atoms with Crippen molar-refractivity contribution < 1.29 is 9.59 Å². The second-order valence-electron chi connectivity index (χ2n) is 1.76. The summed E-state index contributed by atoms with van der Waals surface area (Å²) >= 11 is 0. The Kier molecular flexibility index (Phi) is 8.66. The fourth-order valence-corrected chi connectivity index (χ4v) is 0.480. The Morgan fingerprint density at radius 3 is 2.11 bits per heavy atom. The molecule has 0 spiro atoms. The Labute approximate surface area is 77.3 Å². The second kappa shape index (κ2) is 6.46. The van der Waals surface area contributed by atoms with Crippen LogP contribution >= 0.6 is 0 Å². The summed E-state index contributed by atoms with van der Waals surface area (Å²) in [6, 6.07) is 0. The molecule has 0 aliphatic carbocycles. The first kappa shape index (κ1) is 12.1. The Hall–Kier alpha value is 0.340. The van der Waals surface area contributed by atoms with Gasteiger partial charge in [0.2, 0.25) is 0 Å². The van der Waals surface area contributed by atoms with Crippen molar-refractivity contribution in [1.82, 2.24) is 0 Å². The van der Waals surface area contributed by atoms with E-state index in [0.29, 0.717) is 12.7 Å². The predicted molar refractivity (Wildman–Crippen MR) is 37.7 cm³/mol. The van der Waals surface area contributed by atoms with Crippen LogP contribution < -0.4 is 0 Å². The zero-order valence-electron chi connectivity index (χ0n) is 5.18. The molecule has 0 amide bonds. The molecule has 0 saturated heterocycles. The van der Waals surface area contributed by atoms with Crippen LogP contribution in [0.1, 0.15) is 20.3 Å². The van der Waals surface area contributed by atoms with Crippen molar-refractivity contribution in [3.8, 4) is 0 Å². The summed E-state index contributed by atoms with van der Waals surface area (Å²) in [4.78, 5) is 20.3. The predicted octanol–water partition coefficient (Wildman–Crippen LogP) is 0.152. The van der Waals surface area contributed by atoms with Crippen LogP contribution in [0.5, 0.6) is 0 Å². The van der Waals surface area contributed by atoms with E-state index in [4.69, 9.17) is 0 Å². The van der Waals surface area contributed by atoms with Gasteiger partial charge < -0.3 is 4.79 Å². The van der Waals surface area contributed by atoms with Crippen molar-refractivity contribution in [2.75, 3.05) is 0 Å². The zero-order valence-corrected chi connectivity index (χ0v) is 5.18. The summed E-state index contributed by atoms with van der Waals surface area (Å²) in [7, 11) is 0. The van der Waals surface area contributed by atoms with E-state index in [1.165, 1.54) is 6.92 Å². The van der Waals surface area contributed by atoms with Gasteiger partial charge in [-0.15, -0.1) is 0 Å². The number of aldehydes is 1. The maximum atomic E-state index is 10.4. The van der Waals surface area contributed by atoms with Crippen molar-refractivity contribution in [1.29, 1.82) is 0 Å². The van der Waals surface area contributed by atoms with E-state index < -0.39 is 0 Å². The third-order valence-corrected chi connectivity index (χ3v) is 1.13. The monoisotopic (exact) mass is 138 g/mol. The molecular formula is C6H11NaO2. The summed E-state index contributed by atoms with van der Waals surface area (Å²) < 4.78 is 0. The summed E-state index contributed by atoms with van der Waals surface area (Å²) in [6.45, 7) is 3.25. The molecule has 3 heteroatoms. The average Bonchev–Trinajstić information content (AvgIpc) is 1.69. The quantitative estimate of drug-likeness (QED) is 0.316. The molecule has 0 aliphatic rings.